The zero-order valence-corrected chi connectivity index (χ0v) is 12.5. The normalized spacial score (nSPS) is 20.8. The van der Waals surface area contributed by atoms with Crippen molar-refractivity contribution in [1.82, 2.24) is 10.9 Å². The second kappa shape index (κ2) is 6.36. The van der Waals surface area contributed by atoms with Crippen LogP contribution in [0.1, 0.15) is 18.0 Å². The number of nitrogens with one attached hydrogen (secondary N) is 3. The Morgan fingerprint density at radius 2 is 1.86 bits per heavy atom. The summed E-state index contributed by atoms with van der Waals surface area (Å²) >= 11 is 6.04. The quantitative estimate of drug-likeness (QED) is 0.702. The van der Waals surface area contributed by atoms with Crippen LogP contribution in [0.5, 0.6) is 5.75 Å². The lowest BCUT2D eigenvalue weighted by molar-refractivity contribution is -0.117. The number of anilines is 1. The van der Waals surface area contributed by atoms with Crippen molar-refractivity contribution in [1.29, 1.82) is 0 Å². The van der Waals surface area contributed by atoms with E-state index < -0.39 is 6.04 Å². The van der Waals surface area contributed by atoms with Gasteiger partial charge in [0.15, 0.2) is 0 Å². The molecule has 5 nitrogen and oxygen atoms in total. The van der Waals surface area contributed by atoms with Crippen molar-refractivity contribution in [3.8, 4) is 5.75 Å². The van der Waals surface area contributed by atoms with E-state index >= 15 is 0 Å². The molecule has 1 saturated heterocycles. The van der Waals surface area contributed by atoms with Gasteiger partial charge in [0.1, 0.15) is 11.8 Å². The van der Waals surface area contributed by atoms with Crippen LogP contribution in [0, 0.1) is 0 Å². The van der Waals surface area contributed by atoms with E-state index in [0.717, 1.165) is 5.56 Å². The third-order valence-electron chi connectivity index (χ3n) is 3.66. The van der Waals surface area contributed by atoms with Gasteiger partial charge in [-0.3, -0.25) is 4.79 Å². The van der Waals surface area contributed by atoms with Gasteiger partial charge in [0, 0.05) is 5.56 Å². The lowest BCUT2D eigenvalue weighted by Crippen LogP contribution is -2.39. The van der Waals surface area contributed by atoms with Gasteiger partial charge in [-0.15, -0.1) is 0 Å². The van der Waals surface area contributed by atoms with E-state index in [-0.39, 0.29) is 17.7 Å². The molecule has 1 amide bonds. The van der Waals surface area contributed by atoms with Crippen LogP contribution >= 0.6 is 11.6 Å². The van der Waals surface area contributed by atoms with Crippen LogP contribution in [-0.4, -0.2) is 17.1 Å². The molecule has 3 rings (SSSR count). The first-order chi connectivity index (χ1) is 10.6. The molecule has 2 aromatic carbocycles. The minimum absolute atomic E-state index is 0.122. The van der Waals surface area contributed by atoms with Crippen LogP contribution in [0.3, 0.4) is 0 Å². The van der Waals surface area contributed by atoms with Crippen LogP contribution in [0.25, 0.3) is 0 Å². The number of phenolic OH excluding ortho intramolecular Hbond substituents is 1. The number of hydrazine groups is 1. The van der Waals surface area contributed by atoms with Gasteiger partial charge in [-0.2, -0.15) is 0 Å². The highest BCUT2D eigenvalue weighted by Gasteiger charge is 2.31. The van der Waals surface area contributed by atoms with Crippen molar-refractivity contribution in [3.63, 3.8) is 0 Å². The zero-order chi connectivity index (χ0) is 15.5. The largest absolute Gasteiger partial charge is 0.508 e. The average Bonchev–Trinajstić information content (AvgIpc) is 3.00. The summed E-state index contributed by atoms with van der Waals surface area (Å²) in [5, 5.41) is 13.2. The van der Waals surface area contributed by atoms with Gasteiger partial charge in [0.25, 0.3) is 0 Å². The Morgan fingerprint density at radius 3 is 2.64 bits per heavy atom. The van der Waals surface area contributed by atoms with E-state index in [4.69, 9.17) is 11.6 Å². The summed E-state index contributed by atoms with van der Waals surface area (Å²) in [6.45, 7) is 0. The molecule has 114 valence electrons. The van der Waals surface area contributed by atoms with Crippen LogP contribution in [0.4, 0.5) is 5.69 Å². The standard InChI is InChI=1S/C16H16ClN3O2/c17-11-6-2-3-7-12(11)18-16(22)14-9-13(19-20-14)10-5-1-4-8-15(10)21/h1-8,13-14,19-21H,9H2,(H,18,22). The Hall–Kier alpha value is -2.08. The Morgan fingerprint density at radius 1 is 1.14 bits per heavy atom. The molecule has 2 atom stereocenters. The summed E-state index contributed by atoms with van der Waals surface area (Å²) in [5.41, 5.74) is 7.35. The number of hydrogen-bond acceptors (Lipinski definition) is 4. The number of aromatic hydroxyl groups is 1. The SMILES string of the molecule is O=C(Nc1ccccc1Cl)C1CC(c2ccccc2O)NN1. The van der Waals surface area contributed by atoms with E-state index in [1.54, 1.807) is 24.3 Å². The fourth-order valence-electron chi connectivity index (χ4n) is 2.50. The van der Waals surface area contributed by atoms with Gasteiger partial charge in [0.2, 0.25) is 5.91 Å². The predicted octanol–water partition coefficient (Wildman–Crippen LogP) is 2.59. The van der Waals surface area contributed by atoms with E-state index in [9.17, 15) is 9.90 Å². The topological polar surface area (TPSA) is 73.4 Å². The molecule has 0 spiro atoms. The first-order valence-corrected chi connectivity index (χ1v) is 7.37. The number of hydrogen-bond donors (Lipinski definition) is 4. The maximum Gasteiger partial charge on any atom is 0.242 e. The molecule has 0 aromatic heterocycles. The molecule has 2 aromatic rings. The summed E-state index contributed by atoms with van der Waals surface area (Å²) in [4.78, 5) is 12.3. The Labute approximate surface area is 133 Å². The van der Waals surface area contributed by atoms with Crippen molar-refractivity contribution in [3.05, 3.63) is 59.1 Å². The summed E-state index contributed by atoms with van der Waals surface area (Å²) in [5.74, 6) is 0.0486. The monoisotopic (exact) mass is 317 g/mol. The number of amides is 1. The fourth-order valence-corrected chi connectivity index (χ4v) is 2.68. The van der Waals surface area contributed by atoms with Gasteiger partial charge < -0.3 is 10.4 Å². The summed E-state index contributed by atoms with van der Waals surface area (Å²) in [6, 6.07) is 13.7. The Kier molecular flexibility index (Phi) is 4.29. The third-order valence-corrected chi connectivity index (χ3v) is 3.99. The highest BCUT2D eigenvalue weighted by atomic mass is 35.5. The molecule has 2 unspecified atom stereocenters. The molecule has 1 aliphatic rings. The Balaban J connectivity index is 1.67. The highest BCUT2D eigenvalue weighted by Crippen LogP contribution is 2.29. The second-order valence-corrected chi connectivity index (χ2v) is 5.56. The number of carbonyl (C=O) groups excluding carboxylic acids is 1. The van der Waals surface area contributed by atoms with Crippen LogP contribution in [0.2, 0.25) is 5.02 Å². The number of carbonyl (C=O) groups is 1. The second-order valence-electron chi connectivity index (χ2n) is 5.16. The van der Waals surface area contributed by atoms with Crippen molar-refractivity contribution >= 4 is 23.2 Å². The maximum absolute atomic E-state index is 12.3. The van der Waals surface area contributed by atoms with Crippen molar-refractivity contribution in [2.75, 3.05) is 5.32 Å². The number of para-hydroxylation sites is 2. The van der Waals surface area contributed by atoms with Gasteiger partial charge in [0.05, 0.1) is 16.8 Å². The minimum atomic E-state index is -0.402. The maximum atomic E-state index is 12.3. The van der Waals surface area contributed by atoms with E-state index in [0.29, 0.717) is 17.1 Å². The Bertz CT molecular complexity index is 693. The van der Waals surface area contributed by atoms with E-state index in [1.165, 1.54) is 0 Å². The first kappa shape index (κ1) is 14.8. The predicted molar refractivity (Wildman–Crippen MR) is 85.6 cm³/mol. The lowest BCUT2D eigenvalue weighted by atomic mass is 10.0. The van der Waals surface area contributed by atoms with E-state index in [2.05, 4.69) is 16.2 Å². The molecule has 1 fully saturated rings. The molecule has 0 aliphatic carbocycles. The van der Waals surface area contributed by atoms with Crippen molar-refractivity contribution < 1.29 is 9.90 Å². The zero-order valence-electron chi connectivity index (χ0n) is 11.7. The number of rotatable bonds is 3. The summed E-state index contributed by atoms with van der Waals surface area (Å²) < 4.78 is 0. The van der Waals surface area contributed by atoms with Crippen molar-refractivity contribution in [2.24, 2.45) is 0 Å². The summed E-state index contributed by atoms with van der Waals surface area (Å²) in [6.07, 6.45) is 0.536. The van der Waals surface area contributed by atoms with Crippen LogP contribution < -0.4 is 16.2 Å². The molecule has 6 heteroatoms. The molecule has 0 saturated carbocycles. The average molecular weight is 318 g/mol. The summed E-state index contributed by atoms with van der Waals surface area (Å²) in [7, 11) is 0. The number of halogens is 1. The smallest absolute Gasteiger partial charge is 0.242 e. The van der Waals surface area contributed by atoms with Gasteiger partial charge in [-0.25, -0.2) is 10.9 Å². The van der Waals surface area contributed by atoms with E-state index in [1.807, 2.05) is 24.3 Å². The molecule has 0 radical (unpaired) electrons. The first-order valence-electron chi connectivity index (χ1n) is 6.99. The minimum Gasteiger partial charge on any atom is -0.508 e. The van der Waals surface area contributed by atoms with Crippen LogP contribution in [0.15, 0.2) is 48.5 Å². The number of benzene rings is 2. The highest BCUT2D eigenvalue weighted by molar-refractivity contribution is 6.33. The molecule has 1 aliphatic heterocycles. The number of phenols is 1. The van der Waals surface area contributed by atoms with Gasteiger partial charge in [-0.1, -0.05) is 41.9 Å². The molecule has 0 bridgehead atoms. The molecule has 1 heterocycles. The molecule has 22 heavy (non-hydrogen) atoms. The molecular weight excluding hydrogens is 302 g/mol. The third kappa shape index (κ3) is 3.06. The molecular formula is C16H16ClN3O2. The lowest BCUT2D eigenvalue weighted by Gasteiger charge is -2.12. The fraction of sp³-hybridized carbons (Fsp3) is 0.188. The molecule has 4 N–H and O–H groups in total. The van der Waals surface area contributed by atoms with Crippen LogP contribution in [-0.2, 0) is 4.79 Å². The van der Waals surface area contributed by atoms with Crippen molar-refractivity contribution in [2.45, 2.75) is 18.5 Å². The van der Waals surface area contributed by atoms with Gasteiger partial charge in [-0.05, 0) is 24.6 Å². The van der Waals surface area contributed by atoms with Gasteiger partial charge >= 0.3 is 0 Å².